The van der Waals surface area contributed by atoms with Gasteiger partial charge in [-0.25, -0.2) is 14.8 Å². The number of nitrogens with one attached hydrogen (secondary N) is 1. The molecule has 9 nitrogen and oxygen atoms in total. The van der Waals surface area contributed by atoms with E-state index >= 15 is 0 Å². The van der Waals surface area contributed by atoms with Crippen LogP contribution in [0.25, 0.3) is 21.3 Å². The van der Waals surface area contributed by atoms with Crippen LogP contribution in [0, 0.1) is 6.92 Å². The molecule has 0 fully saturated rings. The lowest BCUT2D eigenvalue weighted by Gasteiger charge is -2.31. The zero-order valence-electron chi connectivity index (χ0n) is 22.4. The number of thiazole rings is 1. The molecule has 2 aromatic carbocycles. The molecule has 6 rings (SSSR count). The Labute approximate surface area is 235 Å². The number of hydrogen-bond donors (Lipinski definition) is 2. The molecule has 0 aliphatic carbocycles. The maximum atomic E-state index is 13.4. The van der Waals surface area contributed by atoms with Crippen molar-refractivity contribution in [2.45, 2.75) is 39.8 Å². The first kappa shape index (κ1) is 25.7. The van der Waals surface area contributed by atoms with Crippen molar-refractivity contribution in [3.8, 4) is 11.1 Å². The fourth-order valence-electron chi connectivity index (χ4n) is 5.29. The molecule has 1 aliphatic rings. The van der Waals surface area contributed by atoms with E-state index in [0.717, 1.165) is 32.6 Å². The normalized spacial score (nSPS) is 13.1. The lowest BCUT2D eigenvalue weighted by Crippen LogP contribution is -2.33. The lowest BCUT2D eigenvalue weighted by molar-refractivity contribution is 0.0691. The zero-order valence-corrected chi connectivity index (χ0v) is 23.2. The van der Waals surface area contributed by atoms with Gasteiger partial charge in [0.2, 0.25) is 0 Å². The van der Waals surface area contributed by atoms with Crippen LogP contribution in [0.4, 0.5) is 10.9 Å². The molecule has 202 valence electrons. The van der Waals surface area contributed by atoms with E-state index in [4.69, 9.17) is 0 Å². The number of rotatable bonds is 6. The van der Waals surface area contributed by atoms with Gasteiger partial charge in [0.15, 0.2) is 10.8 Å². The quantitative estimate of drug-likeness (QED) is 0.267. The summed E-state index contributed by atoms with van der Waals surface area (Å²) in [5.41, 5.74) is 5.59. The predicted octanol–water partition coefficient (Wildman–Crippen LogP) is 5.96. The van der Waals surface area contributed by atoms with Gasteiger partial charge in [-0.1, -0.05) is 35.6 Å². The fraction of sp³-hybridized carbons (Fsp3) is 0.233. The van der Waals surface area contributed by atoms with E-state index in [2.05, 4.69) is 20.4 Å². The Bertz CT molecular complexity index is 1740. The highest BCUT2D eigenvalue weighted by Crippen LogP contribution is 2.32. The molecular weight excluding hydrogens is 524 g/mol. The molecule has 2 N–H and O–H groups in total. The van der Waals surface area contributed by atoms with Gasteiger partial charge in [0.25, 0.3) is 5.91 Å². The maximum absolute atomic E-state index is 13.4. The molecular formula is C30H28N6O3S. The van der Waals surface area contributed by atoms with Crippen LogP contribution < -0.4 is 10.2 Å². The van der Waals surface area contributed by atoms with Crippen LogP contribution in [0.2, 0.25) is 0 Å². The van der Waals surface area contributed by atoms with Crippen LogP contribution >= 0.6 is 11.3 Å². The topological polar surface area (TPSA) is 113 Å². The Morgan fingerprint density at radius 3 is 2.60 bits per heavy atom. The van der Waals surface area contributed by atoms with E-state index in [1.165, 1.54) is 11.3 Å². The van der Waals surface area contributed by atoms with Crippen LogP contribution in [0.3, 0.4) is 0 Å². The highest BCUT2D eigenvalue weighted by Gasteiger charge is 2.26. The summed E-state index contributed by atoms with van der Waals surface area (Å²) in [7, 11) is 0. The Hall–Kier alpha value is -4.57. The predicted molar refractivity (Wildman–Crippen MR) is 156 cm³/mol. The number of pyridine rings is 1. The van der Waals surface area contributed by atoms with Crippen molar-refractivity contribution in [1.29, 1.82) is 0 Å². The molecule has 0 radical (unpaired) electrons. The number of carbonyl (C=O) groups excluding carboxylic acids is 1. The Kier molecular flexibility index (Phi) is 6.55. The second-order valence-corrected chi connectivity index (χ2v) is 11.1. The molecule has 0 atom stereocenters. The number of hydrogen-bond acceptors (Lipinski definition) is 7. The van der Waals surface area contributed by atoms with Crippen molar-refractivity contribution >= 4 is 44.4 Å². The molecule has 5 aromatic rings. The van der Waals surface area contributed by atoms with Gasteiger partial charge < -0.3 is 10.0 Å². The molecule has 0 saturated carbocycles. The summed E-state index contributed by atoms with van der Waals surface area (Å²) in [6.45, 7) is 7.10. The SMILES string of the molecule is Cc1c(-c2ccc(N3CCc4cccc(C(=O)Nc5nc6ccccc6s5)c4C3)nc2C(=O)O)cnn1C(C)C. The molecule has 0 unspecified atom stereocenters. The Balaban J connectivity index is 1.29. The van der Waals surface area contributed by atoms with Gasteiger partial charge in [-0.2, -0.15) is 5.10 Å². The third-order valence-electron chi connectivity index (χ3n) is 7.26. The largest absolute Gasteiger partial charge is 0.476 e. The van der Waals surface area contributed by atoms with Gasteiger partial charge in [0, 0.05) is 41.5 Å². The van der Waals surface area contributed by atoms with Crippen LogP contribution in [0.1, 0.15) is 57.6 Å². The van der Waals surface area contributed by atoms with E-state index in [1.807, 2.05) is 85.0 Å². The van der Waals surface area contributed by atoms with Crippen LogP contribution in [0.15, 0.2) is 60.8 Å². The maximum Gasteiger partial charge on any atom is 0.355 e. The zero-order chi connectivity index (χ0) is 28.0. The highest BCUT2D eigenvalue weighted by atomic mass is 32.1. The summed E-state index contributed by atoms with van der Waals surface area (Å²) in [6.07, 6.45) is 2.41. The number of carboxylic acid groups (broad SMARTS) is 1. The highest BCUT2D eigenvalue weighted by molar-refractivity contribution is 7.22. The van der Waals surface area contributed by atoms with E-state index in [9.17, 15) is 14.7 Å². The Morgan fingerprint density at radius 1 is 1.02 bits per heavy atom. The summed E-state index contributed by atoms with van der Waals surface area (Å²) < 4.78 is 2.88. The summed E-state index contributed by atoms with van der Waals surface area (Å²) in [4.78, 5) is 36.8. The summed E-state index contributed by atoms with van der Waals surface area (Å²) in [5, 5.41) is 18.0. The van der Waals surface area contributed by atoms with Crippen molar-refractivity contribution in [2.75, 3.05) is 16.8 Å². The van der Waals surface area contributed by atoms with Crippen LogP contribution in [-0.4, -0.2) is 43.3 Å². The minimum absolute atomic E-state index is 0.0171. The number of para-hydroxylation sites is 1. The van der Waals surface area contributed by atoms with Crippen molar-refractivity contribution < 1.29 is 14.7 Å². The van der Waals surface area contributed by atoms with E-state index in [0.29, 0.717) is 41.6 Å². The average Bonchev–Trinajstić information content (AvgIpc) is 3.54. The molecule has 4 heterocycles. The van der Waals surface area contributed by atoms with Gasteiger partial charge in [-0.05, 0) is 68.7 Å². The monoisotopic (exact) mass is 552 g/mol. The first-order valence-electron chi connectivity index (χ1n) is 13.1. The fourth-order valence-corrected chi connectivity index (χ4v) is 6.15. The summed E-state index contributed by atoms with van der Waals surface area (Å²) in [5.74, 6) is -0.756. The standard InChI is InChI=1S/C30H28N6O3S/c1-17(2)36-18(3)22(15-31-36)20-11-12-26(33-27(20)29(38)39)35-14-13-19-7-6-8-21(23(19)16-35)28(37)34-30-32-24-9-4-5-10-25(24)40-30/h4-12,15,17H,13-14,16H2,1-3H3,(H,38,39)(H,32,34,37). The first-order chi connectivity index (χ1) is 19.3. The lowest BCUT2D eigenvalue weighted by atomic mass is 9.94. The van der Waals surface area contributed by atoms with Gasteiger partial charge in [0.05, 0.1) is 16.4 Å². The molecule has 3 aromatic heterocycles. The number of benzene rings is 2. The average molecular weight is 553 g/mol. The number of aromatic carboxylic acids is 1. The molecule has 0 spiro atoms. The van der Waals surface area contributed by atoms with Crippen LogP contribution in [0.5, 0.6) is 0 Å². The van der Waals surface area contributed by atoms with Gasteiger partial charge in [-0.3, -0.25) is 14.8 Å². The summed E-state index contributed by atoms with van der Waals surface area (Å²) >= 11 is 1.44. The number of carbonyl (C=O) groups is 2. The number of anilines is 2. The van der Waals surface area contributed by atoms with Crippen molar-refractivity contribution in [3.63, 3.8) is 0 Å². The molecule has 0 saturated heterocycles. The molecule has 1 aliphatic heterocycles. The van der Waals surface area contributed by atoms with Gasteiger partial charge in [-0.15, -0.1) is 0 Å². The molecule has 1 amide bonds. The minimum Gasteiger partial charge on any atom is -0.476 e. The smallest absolute Gasteiger partial charge is 0.355 e. The van der Waals surface area contributed by atoms with Gasteiger partial charge in [0.1, 0.15) is 5.82 Å². The third kappa shape index (κ3) is 4.60. The number of amides is 1. The number of nitrogens with zero attached hydrogens (tertiary/aromatic N) is 5. The van der Waals surface area contributed by atoms with E-state index < -0.39 is 5.97 Å². The van der Waals surface area contributed by atoms with Crippen molar-refractivity contribution in [1.82, 2.24) is 19.7 Å². The number of carboxylic acids is 1. The first-order valence-corrected chi connectivity index (χ1v) is 13.9. The number of aromatic nitrogens is 4. The van der Waals surface area contributed by atoms with Gasteiger partial charge >= 0.3 is 5.97 Å². The molecule has 10 heteroatoms. The third-order valence-corrected chi connectivity index (χ3v) is 8.21. The molecule has 0 bridgehead atoms. The minimum atomic E-state index is -1.10. The Morgan fingerprint density at radius 2 is 1.85 bits per heavy atom. The van der Waals surface area contributed by atoms with Crippen molar-refractivity contribution in [3.05, 3.63) is 88.9 Å². The van der Waals surface area contributed by atoms with E-state index in [-0.39, 0.29) is 17.6 Å². The number of fused-ring (bicyclic) bond motifs is 2. The molecule has 40 heavy (non-hydrogen) atoms. The second-order valence-electron chi connectivity index (χ2n) is 10.1. The van der Waals surface area contributed by atoms with Crippen molar-refractivity contribution in [2.24, 2.45) is 0 Å². The summed E-state index contributed by atoms with van der Waals surface area (Å²) in [6, 6.07) is 17.3. The van der Waals surface area contributed by atoms with Crippen LogP contribution in [-0.2, 0) is 13.0 Å². The second kappa shape index (κ2) is 10.2. The van der Waals surface area contributed by atoms with E-state index in [1.54, 1.807) is 6.20 Å².